The van der Waals surface area contributed by atoms with Crippen molar-refractivity contribution in [3.8, 4) is 5.88 Å². The van der Waals surface area contributed by atoms with E-state index in [-0.39, 0.29) is 5.69 Å². The average Bonchev–Trinajstić information content (AvgIpc) is 2.81. The summed E-state index contributed by atoms with van der Waals surface area (Å²) in [5.41, 5.74) is -0.270. The third-order valence-electron chi connectivity index (χ3n) is 1.76. The Kier molecular flexibility index (Phi) is 1.60. The molecular formula is C8H10N2O2. The van der Waals surface area contributed by atoms with Crippen molar-refractivity contribution in [2.24, 2.45) is 7.05 Å². The predicted molar refractivity (Wildman–Crippen MR) is 43.1 cm³/mol. The maximum atomic E-state index is 11.0. The topological polar surface area (TPSA) is 44.1 Å². The van der Waals surface area contributed by atoms with Crippen molar-refractivity contribution in [3.63, 3.8) is 0 Å². The van der Waals surface area contributed by atoms with Gasteiger partial charge in [0, 0.05) is 19.3 Å². The van der Waals surface area contributed by atoms with E-state index in [9.17, 15) is 4.79 Å². The van der Waals surface area contributed by atoms with Gasteiger partial charge in [0.05, 0.1) is 0 Å². The highest BCUT2D eigenvalue weighted by Gasteiger charge is 2.23. The zero-order chi connectivity index (χ0) is 8.55. The fourth-order valence-electron chi connectivity index (χ4n) is 0.872. The van der Waals surface area contributed by atoms with E-state index in [0.717, 1.165) is 12.8 Å². The molecule has 1 aliphatic carbocycles. The van der Waals surface area contributed by atoms with Gasteiger partial charge in [-0.2, -0.15) is 4.98 Å². The second kappa shape index (κ2) is 2.62. The van der Waals surface area contributed by atoms with Crippen LogP contribution >= 0.6 is 0 Å². The number of hydrogen-bond donors (Lipinski definition) is 0. The predicted octanol–water partition coefficient (Wildman–Crippen LogP) is 0.322. The summed E-state index contributed by atoms with van der Waals surface area (Å²) in [6, 6.07) is 1.71. The zero-order valence-electron chi connectivity index (χ0n) is 6.86. The molecule has 1 aromatic heterocycles. The Balaban J connectivity index is 2.21. The van der Waals surface area contributed by atoms with Gasteiger partial charge >= 0.3 is 5.69 Å². The molecule has 64 valence electrons. The van der Waals surface area contributed by atoms with Crippen LogP contribution in [0.2, 0.25) is 0 Å². The highest BCUT2D eigenvalue weighted by Crippen LogP contribution is 2.24. The molecule has 1 aliphatic rings. The number of ether oxygens (including phenoxy) is 1. The molecule has 0 N–H and O–H groups in total. The minimum Gasteiger partial charge on any atom is -0.474 e. The summed E-state index contributed by atoms with van der Waals surface area (Å²) in [6.07, 6.45) is 4.12. The Morgan fingerprint density at radius 1 is 1.67 bits per heavy atom. The lowest BCUT2D eigenvalue weighted by Gasteiger charge is -2.02. The van der Waals surface area contributed by atoms with Crippen LogP contribution in [0.5, 0.6) is 5.88 Å². The maximum Gasteiger partial charge on any atom is 0.350 e. The summed E-state index contributed by atoms with van der Waals surface area (Å²) in [6.45, 7) is 0. The van der Waals surface area contributed by atoms with Gasteiger partial charge < -0.3 is 9.30 Å². The molecule has 0 saturated heterocycles. The molecule has 0 spiro atoms. The number of aryl methyl sites for hydroxylation is 1. The molecule has 1 saturated carbocycles. The molecule has 0 aliphatic heterocycles. The van der Waals surface area contributed by atoms with Gasteiger partial charge in [-0.25, -0.2) is 4.79 Å². The molecule has 0 atom stereocenters. The Bertz CT molecular complexity index is 341. The maximum absolute atomic E-state index is 11.0. The first-order chi connectivity index (χ1) is 5.75. The van der Waals surface area contributed by atoms with E-state index in [0.29, 0.717) is 12.0 Å². The average molecular weight is 166 g/mol. The second-order valence-corrected chi connectivity index (χ2v) is 2.98. The van der Waals surface area contributed by atoms with Gasteiger partial charge in [-0.1, -0.05) is 0 Å². The molecule has 4 nitrogen and oxygen atoms in total. The van der Waals surface area contributed by atoms with Crippen LogP contribution in [0.3, 0.4) is 0 Å². The lowest BCUT2D eigenvalue weighted by molar-refractivity contribution is 0.288. The number of aromatic nitrogens is 2. The van der Waals surface area contributed by atoms with Crippen LogP contribution in [0.1, 0.15) is 12.8 Å². The Hall–Kier alpha value is -1.32. The van der Waals surface area contributed by atoms with E-state index >= 15 is 0 Å². The summed E-state index contributed by atoms with van der Waals surface area (Å²) >= 11 is 0. The van der Waals surface area contributed by atoms with Crippen LogP contribution in [-0.4, -0.2) is 15.7 Å². The molecule has 1 aromatic rings. The Morgan fingerprint density at radius 3 is 3.00 bits per heavy atom. The lowest BCUT2D eigenvalue weighted by Crippen LogP contribution is -2.19. The van der Waals surface area contributed by atoms with Gasteiger partial charge in [0.2, 0.25) is 5.88 Å². The van der Waals surface area contributed by atoms with E-state index in [2.05, 4.69) is 4.98 Å². The van der Waals surface area contributed by atoms with Gasteiger partial charge in [-0.15, -0.1) is 0 Å². The summed E-state index contributed by atoms with van der Waals surface area (Å²) in [7, 11) is 1.66. The van der Waals surface area contributed by atoms with Crippen LogP contribution in [0.15, 0.2) is 17.1 Å². The van der Waals surface area contributed by atoms with E-state index in [1.165, 1.54) is 4.57 Å². The Labute approximate surface area is 69.8 Å². The van der Waals surface area contributed by atoms with Crippen molar-refractivity contribution in [3.05, 3.63) is 22.7 Å². The fourth-order valence-corrected chi connectivity index (χ4v) is 0.872. The highest BCUT2D eigenvalue weighted by atomic mass is 16.5. The number of rotatable bonds is 2. The number of nitrogens with zero attached hydrogens (tertiary/aromatic N) is 2. The van der Waals surface area contributed by atoms with Crippen LogP contribution in [0.25, 0.3) is 0 Å². The normalized spacial score (nSPS) is 16.1. The van der Waals surface area contributed by atoms with Crippen LogP contribution in [0.4, 0.5) is 0 Å². The van der Waals surface area contributed by atoms with E-state index < -0.39 is 0 Å². The zero-order valence-corrected chi connectivity index (χ0v) is 6.86. The van der Waals surface area contributed by atoms with E-state index in [4.69, 9.17) is 4.74 Å². The second-order valence-electron chi connectivity index (χ2n) is 2.98. The van der Waals surface area contributed by atoms with Gasteiger partial charge in [0.1, 0.15) is 6.10 Å². The van der Waals surface area contributed by atoms with Crippen LogP contribution in [0, 0.1) is 0 Å². The highest BCUT2D eigenvalue weighted by molar-refractivity contribution is 5.07. The molecule has 1 heterocycles. The molecule has 0 unspecified atom stereocenters. The molecule has 12 heavy (non-hydrogen) atoms. The lowest BCUT2D eigenvalue weighted by atomic mass is 10.6. The third-order valence-corrected chi connectivity index (χ3v) is 1.76. The van der Waals surface area contributed by atoms with Crippen molar-refractivity contribution in [2.75, 3.05) is 0 Å². The third kappa shape index (κ3) is 1.47. The van der Waals surface area contributed by atoms with Crippen LogP contribution < -0.4 is 10.4 Å². The van der Waals surface area contributed by atoms with Crippen molar-refractivity contribution in [1.29, 1.82) is 0 Å². The number of hydrogen-bond acceptors (Lipinski definition) is 3. The largest absolute Gasteiger partial charge is 0.474 e. The summed E-state index contributed by atoms with van der Waals surface area (Å²) in [4.78, 5) is 14.8. The SMILES string of the molecule is Cn1ccc(OC2CC2)nc1=O. The van der Waals surface area contributed by atoms with Gasteiger partial charge in [0.25, 0.3) is 0 Å². The minimum atomic E-state index is -0.270. The quantitative estimate of drug-likeness (QED) is 0.635. The molecule has 0 amide bonds. The molecule has 4 heteroatoms. The van der Waals surface area contributed by atoms with Crippen molar-refractivity contribution in [2.45, 2.75) is 18.9 Å². The molecule has 2 rings (SSSR count). The van der Waals surface area contributed by atoms with Gasteiger partial charge in [-0.05, 0) is 12.8 Å². The summed E-state index contributed by atoms with van der Waals surface area (Å²) < 4.78 is 6.75. The first kappa shape index (κ1) is 7.34. The molecule has 0 radical (unpaired) electrons. The van der Waals surface area contributed by atoms with E-state index in [1.807, 2.05) is 0 Å². The van der Waals surface area contributed by atoms with Gasteiger partial charge in [0.15, 0.2) is 0 Å². The summed E-state index contributed by atoms with van der Waals surface area (Å²) in [5, 5.41) is 0. The van der Waals surface area contributed by atoms with Crippen molar-refractivity contribution >= 4 is 0 Å². The van der Waals surface area contributed by atoms with E-state index in [1.54, 1.807) is 19.3 Å². The van der Waals surface area contributed by atoms with Crippen molar-refractivity contribution in [1.82, 2.24) is 9.55 Å². The molecule has 0 aromatic carbocycles. The standard InChI is InChI=1S/C8H10N2O2/c1-10-5-4-7(9-8(10)11)12-6-2-3-6/h4-6H,2-3H2,1H3. The van der Waals surface area contributed by atoms with Crippen molar-refractivity contribution < 1.29 is 4.74 Å². The van der Waals surface area contributed by atoms with Crippen LogP contribution in [-0.2, 0) is 7.05 Å². The monoisotopic (exact) mass is 166 g/mol. The first-order valence-corrected chi connectivity index (χ1v) is 3.96. The summed E-state index contributed by atoms with van der Waals surface area (Å²) in [5.74, 6) is 0.445. The fraction of sp³-hybridized carbons (Fsp3) is 0.500. The minimum absolute atomic E-state index is 0.270. The molecular weight excluding hydrogens is 156 g/mol. The molecule has 0 bridgehead atoms. The smallest absolute Gasteiger partial charge is 0.350 e. The van der Waals surface area contributed by atoms with Gasteiger partial charge in [-0.3, -0.25) is 0 Å². The molecule has 1 fully saturated rings. The Morgan fingerprint density at radius 2 is 2.42 bits per heavy atom. The first-order valence-electron chi connectivity index (χ1n) is 3.96.